The van der Waals surface area contributed by atoms with Crippen molar-refractivity contribution in [3.8, 4) is 11.5 Å². The highest BCUT2D eigenvalue weighted by Gasteiger charge is 2.42. The molecule has 2 atom stereocenters. The molecule has 0 saturated carbocycles. The second kappa shape index (κ2) is 10.5. The van der Waals surface area contributed by atoms with Gasteiger partial charge in [-0.05, 0) is 55.7 Å². The number of amides is 2. The molecule has 8 heteroatoms. The number of rotatable bonds is 6. The third-order valence-electron chi connectivity index (χ3n) is 7.51. The number of urea groups is 1. The first-order chi connectivity index (χ1) is 18.1. The van der Waals surface area contributed by atoms with Crippen LogP contribution in [0.15, 0.2) is 72.8 Å². The van der Waals surface area contributed by atoms with Gasteiger partial charge < -0.3 is 15.0 Å². The number of fused-ring (bicyclic) bond motifs is 3. The largest absolute Gasteiger partial charge is 0.457 e. The molecule has 2 aliphatic heterocycles. The molecule has 2 bridgehead atoms. The fourth-order valence-corrected chi connectivity index (χ4v) is 6.74. The van der Waals surface area contributed by atoms with E-state index in [4.69, 9.17) is 4.74 Å². The van der Waals surface area contributed by atoms with Crippen molar-refractivity contribution >= 4 is 32.7 Å². The molecule has 3 heterocycles. The number of ether oxygens (including phenoxy) is 1. The first-order valence-corrected chi connectivity index (χ1v) is 13.7. The number of anilines is 1. The van der Waals surface area contributed by atoms with Crippen LogP contribution in [0, 0.1) is 5.82 Å². The Morgan fingerprint density at radius 1 is 1.00 bits per heavy atom. The Labute approximate surface area is 219 Å². The van der Waals surface area contributed by atoms with Crippen LogP contribution in [-0.2, 0) is 6.54 Å². The minimum absolute atomic E-state index is 0.180. The van der Waals surface area contributed by atoms with Crippen molar-refractivity contribution in [3.63, 3.8) is 0 Å². The minimum Gasteiger partial charge on any atom is -0.457 e. The van der Waals surface area contributed by atoms with E-state index in [1.807, 2.05) is 18.2 Å². The highest BCUT2D eigenvalue weighted by atomic mass is 32.1. The lowest BCUT2D eigenvalue weighted by atomic mass is 9.81. The van der Waals surface area contributed by atoms with E-state index in [1.54, 1.807) is 17.0 Å². The van der Waals surface area contributed by atoms with Gasteiger partial charge in [-0.3, -0.25) is 5.32 Å². The van der Waals surface area contributed by atoms with Gasteiger partial charge in [0.1, 0.15) is 23.9 Å². The van der Waals surface area contributed by atoms with Crippen molar-refractivity contribution in [2.75, 3.05) is 5.32 Å². The third kappa shape index (κ3) is 5.60. The smallest absolute Gasteiger partial charge is 0.321 e. The van der Waals surface area contributed by atoms with Gasteiger partial charge in [0.05, 0.1) is 22.3 Å². The van der Waals surface area contributed by atoms with Crippen LogP contribution in [-0.4, -0.2) is 29.1 Å². The van der Waals surface area contributed by atoms with Gasteiger partial charge >= 0.3 is 6.03 Å². The number of benzene rings is 3. The van der Waals surface area contributed by atoms with E-state index in [2.05, 4.69) is 45.9 Å². The Morgan fingerprint density at radius 3 is 2.49 bits per heavy atom. The molecule has 4 aromatic rings. The first kappa shape index (κ1) is 23.9. The molecule has 0 radical (unpaired) electrons. The van der Waals surface area contributed by atoms with E-state index in [-0.39, 0.29) is 17.9 Å². The van der Waals surface area contributed by atoms with Gasteiger partial charge in [0, 0.05) is 30.5 Å². The highest BCUT2D eigenvalue weighted by molar-refractivity contribution is 7.22. The van der Waals surface area contributed by atoms with E-state index in [0.717, 1.165) is 29.6 Å². The van der Waals surface area contributed by atoms with Crippen molar-refractivity contribution in [1.82, 2.24) is 10.3 Å². The summed E-state index contributed by atoms with van der Waals surface area (Å²) in [6.07, 6.45) is 5.74. The van der Waals surface area contributed by atoms with Gasteiger partial charge in [-0.25, -0.2) is 14.2 Å². The van der Waals surface area contributed by atoms with Crippen molar-refractivity contribution in [2.45, 2.75) is 56.8 Å². The standard InChI is InChI=1S/C29H29FN4O2S/c30-20-9-11-24(12-10-20)36-25-13-14-26-27(17-25)37-29(32-26)33-28(35)31-21-15-22-7-4-8-23(16-21)34(22)18-19-5-2-1-3-6-19/h1-3,5-6,9-14,17,21-23H,4,7-8,15-16,18H2,(H2,31,32,33,35)/p+1. The summed E-state index contributed by atoms with van der Waals surface area (Å²) >= 11 is 1.41. The molecular weight excluding hydrogens is 487 g/mol. The monoisotopic (exact) mass is 517 g/mol. The van der Waals surface area contributed by atoms with Crippen LogP contribution < -0.4 is 20.3 Å². The number of thiazole rings is 1. The number of aromatic nitrogens is 1. The second-order valence-electron chi connectivity index (χ2n) is 10.0. The maximum atomic E-state index is 13.1. The van der Waals surface area contributed by atoms with Gasteiger partial charge in [-0.15, -0.1) is 0 Å². The number of quaternary nitrogens is 1. The summed E-state index contributed by atoms with van der Waals surface area (Å²) in [5, 5.41) is 6.71. The maximum Gasteiger partial charge on any atom is 0.321 e. The minimum atomic E-state index is -0.304. The Morgan fingerprint density at radius 2 is 1.73 bits per heavy atom. The van der Waals surface area contributed by atoms with E-state index in [9.17, 15) is 9.18 Å². The van der Waals surface area contributed by atoms with E-state index >= 15 is 0 Å². The molecule has 3 aromatic carbocycles. The Hall–Kier alpha value is -3.49. The second-order valence-corrected chi connectivity index (χ2v) is 11.1. The summed E-state index contributed by atoms with van der Waals surface area (Å²) < 4.78 is 19.9. The molecule has 0 spiro atoms. The summed E-state index contributed by atoms with van der Waals surface area (Å²) in [5.41, 5.74) is 2.18. The quantitative estimate of drug-likeness (QED) is 0.316. The van der Waals surface area contributed by atoms with Gasteiger partial charge in [0.25, 0.3) is 0 Å². The fraction of sp³-hybridized carbons (Fsp3) is 0.310. The van der Waals surface area contributed by atoms with E-state index in [0.29, 0.717) is 28.7 Å². The Balaban J connectivity index is 1.07. The predicted molar refractivity (Wildman–Crippen MR) is 144 cm³/mol. The lowest BCUT2D eigenvalue weighted by Gasteiger charge is -2.46. The van der Waals surface area contributed by atoms with Gasteiger partial charge in [0.2, 0.25) is 0 Å². The zero-order valence-electron chi connectivity index (χ0n) is 20.5. The van der Waals surface area contributed by atoms with Crippen LogP contribution in [0.25, 0.3) is 10.2 Å². The van der Waals surface area contributed by atoms with Crippen LogP contribution in [0.1, 0.15) is 37.7 Å². The number of hydrogen-bond acceptors (Lipinski definition) is 4. The average molecular weight is 518 g/mol. The number of piperidine rings is 2. The van der Waals surface area contributed by atoms with Crippen molar-refractivity contribution in [2.24, 2.45) is 0 Å². The van der Waals surface area contributed by atoms with Crippen LogP contribution >= 0.6 is 11.3 Å². The molecule has 6 rings (SSSR count). The molecule has 1 aromatic heterocycles. The Bertz CT molecular complexity index is 1360. The van der Waals surface area contributed by atoms with E-state index in [1.165, 1.54) is 48.3 Å². The van der Waals surface area contributed by atoms with Crippen LogP contribution in [0.2, 0.25) is 0 Å². The molecule has 3 N–H and O–H groups in total. The lowest BCUT2D eigenvalue weighted by molar-refractivity contribution is -0.973. The van der Waals surface area contributed by atoms with Crippen molar-refractivity contribution in [3.05, 3.63) is 84.2 Å². The average Bonchev–Trinajstić information content (AvgIpc) is 3.28. The number of hydrogen-bond donors (Lipinski definition) is 3. The number of halogens is 1. The van der Waals surface area contributed by atoms with Crippen LogP contribution in [0.4, 0.5) is 14.3 Å². The first-order valence-electron chi connectivity index (χ1n) is 12.9. The summed E-state index contributed by atoms with van der Waals surface area (Å²) in [4.78, 5) is 19.1. The maximum absolute atomic E-state index is 13.1. The van der Waals surface area contributed by atoms with Gasteiger partial charge in [-0.1, -0.05) is 41.7 Å². The van der Waals surface area contributed by atoms with E-state index < -0.39 is 0 Å². The summed E-state index contributed by atoms with van der Waals surface area (Å²) in [7, 11) is 0. The van der Waals surface area contributed by atoms with Gasteiger partial charge in [0.15, 0.2) is 5.13 Å². The fourth-order valence-electron chi connectivity index (χ4n) is 5.85. The van der Waals surface area contributed by atoms with Crippen LogP contribution in [0.3, 0.4) is 0 Å². The molecule has 2 fully saturated rings. The molecule has 0 aliphatic carbocycles. The number of nitrogens with one attached hydrogen (secondary N) is 3. The zero-order valence-corrected chi connectivity index (χ0v) is 21.3. The number of carbonyl (C=O) groups is 1. The topological polar surface area (TPSA) is 67.7 Å². The molecule has 190 valence electrons. The molecule has 37 heavy (non-hydrogen) atoms. The van der Waals surface area contributed by atoms with Crippen LogP contribution in [0.5, 0.6) is 11.5 Å². The summed E-state index contributed by atoms with van der Waals surface area (Å²) in [6.45, 7) is 1.06. The molecule has 2 saturated heterocycles. The van der Waals surface area contributed by atoms with Gasteiger partial charge in [-0.2, -0.15) is 0 Å². The zero-order chi connectivity index (χ0) is 25.2. The molecule has 2 amide bonds. The molecule has 2 unspecified atom stereocenters. The lowest BCUT2D eigenvalue weighted by Crippen LogP contribution is -3.20. The SMILES string of the molecule is O=C(Nc1nc2ccc(Oc3ccc(F)cc3)cc2s1)NC1CC2CCCC(C1)[NH+]2Cc1ccccc1. The Kier molecular flexibility index (Phi) is 6.76. The predicted octanol–water partition coefficient (Wildman–Crippen LogP) is 5.52. The third-order valence-corrected chi connectivity index (χ3v) is 8.44. The molecule has 6 nitrogen and oxygen atoms in total. The number of carbonyl (C=O) groups excluding carboxylic acids is 1. The highest BCUT2D eigenvalue weighted by Crippen LogP contribution is 2.31. The summed E-state index contributed by atoms with van der Waals surface area (Å²) in [5.74, 6) is 0.890. The summed E-state index contributed by atoms with van der Waals surface area (Å²) in [6, 6.07) is 23.4. The normalized spacial score (nSPS) is 22.9. The van der Waals surface area contributed by atoms with Crippen molar-refractivity contribution < 1.29 is 18.8 Å². The van der Waals surface area contributed by atoms with Crippen molar-refractivity contribution in [1.29, 1.82) is 0 Å². The molecular formula is C29H30FN4O2S+. The number of nitrogens with zero attached hydrogens (tertiary/aromatic N) is 1. The molecule has 2 aliphatic rings.